The fourth-order valence-corrected chi connectivity index (χ4v) is 8.00. The topological polar surface area (TPSA) is 46.9 Å². The third-order valence-electron chi connectivity index (χ3n) is 9.81. The van der Waals surface area contributed by atoms with Gasteiger partial charge in [-0.3, -0.25) is 0 Å². The first-order valence-corrected chi connectivity index (χ1v) is 13.6. The number of nitrogens with zero attached hydrogens (tertiary/aromatic N) is 2. The molecule has 4 atom stereocenters. The van der Waals surface area contributed by atoms with Gasteiger partial charge in [-0.1, -0.05) is 43.7 Å². The van der Waals surface area contributed by atoms with E-state index in [1.165, 1.54) is 49.7 Å². The van der Waals surface area contributed by atoms with Crippen LogP contribution in [-0.4, -0.2) is 24.3 Å². The van der Waals surface area contributed by atoms with Crippen LogP contribution in [0.1, 0.15) is 62.5 Å². The van der Waals surface area contributed by atoms with E-state index in [0.29, 0.717) is 11.3 Å². The molecule has 36 heavy (non-hydrogen) atoms. The Morgan fingerprint density at radius 1 is 0.750 bits per heavy atom. The van der Waals surface area contributed by atoms with Crippen LogP contribution >= 0.6 is 0 Å². The summed E-state index contributed by atoms with van der Waals surface area (Å²) in [5, 5.41) is 21.5. The number of para-hydroxylation sites is 4. The zero-order valence-corrected chi connectivity index (χ0v) is 21.7. The summed E-state index contributed by atoms with van der Waals surface area (Å²) in [6.45, 7) is 2.55. The number of rotatable bonds is 4. The molecule has 3 aliphatic carbocycles. The van der Waals surface area contributed by atoms with Crippen LogP contribution in [0.25, 0.3) is 0 Å². The summed E-state index contributed by atoms with van der Waals surface area (Å²) >= 11 is 0. The summed E-state index contributed by atoms with van der Waals surface area (Å²) in [5.74, 6) is 2.62. The lowest BCUT2D eigenvalue weighted by Gasteiger charge is -2.50. The Morgan fingerprint density at radius 3 is 2.11 bits per heavy atom. The molecule has 6 rings (SSSR count). The summed E-state index contributed by atoms with van der Waals surface area (Å²) in [7, 11) is 4.12. The molecule has 2 saturated carbocycles. The minimum Gasteiger partial charge on any atom is -0.506 e. The number of benzene rings is 3. The molecule has 4 heteroatoms. The summed E-state index contributed by atoms with van der Waals surface area (Å²) < 4.78 is 0. The molecule has 0 heterocycles. The van der Waals surface area contributed by atoms with Crippen molar-refractivity contribution in [1.82, 2.24) is 0 Å². The molecule has 0 saturated heterocycles. The normalized spacial score (nSPS) is 26.6. The van der Waals surface area contributed by atoms with Crippen molar-refractivity contribution in [3.8, 4) is 11.5 Å². The molecule has 3 aliphatic rings. The second kappa shape index (κ2) is 8.76. The Labute approximate surface area is 215 Å². The summed E-state index contributed by atoms with van der Waals surface area (Å²) in [5.41, 5.74) is 7.23. The Morgan fingerprint density at radius 2 is 1.42 bits per heavy atom. The average Bonchev–Trinajstić information content (AvgIpc) is 3.29. The van der Waals surface area contributed by atoms with Crippen molar-refractivity contribution in [2.75, 3.05) is 23.9 Å². The molecule has 4 nitrogen and oxygen atoms in total. The van der Waals surface area contributed by atoms with Gasteiger partial charge in [-0.2, -0.15) is 0 Å². The fourth-order valence-electron chi connectivity index (χ4n) is 8.00. The Hall–Kier alpha value is -3.14. The van der Waals surface area contributed by atoms with Crippen LogP contribution < -0.4 is 9.80 Å². The van der Waals surface area contributed by atoms with E-state index in [1.807, 2.05) is 43.4 Å². The van der Waals surface area contributed by atoms with Crippen molar-refractivity contribution in [3.63, 3.8) is 0 Å². The minimum atomic E-state index is 0.270. The number of hydrogen-bond donors (Lipinski definition) is 2. The molecule has 0 aliphatic heterocycles. The van der Waals surface area contributed by atoms with Crippen molar-refractivity contribution >= 4 is 22.7 Å². The highest BCUT2D eigenvalue weighted by atomic mass is 16.3. The fraction of sp³-hybridized carbons (Fsp3) is 0.438. The lowest BCUT2D eigenvalue weighted by molar-refractivity contribution is 0.0600. The van der Waals surface area contributed by atoms with Crippen LogP contribution in [0.4, 0.5) is 22.7 Å². The van der Waals surface area contributed by atoms with Gasteiger partial charge in [-0.05, 0) is 103 Å². The summed E-state index contributed by atoms with van der Waals surface area (Å²) in [6.07, 6.45) is 9.06. The number of hydrogen-bond acceptors (Lipinski definition) is 4. The Kier molecular flexibility index (Phi) is 5.66. The van der Waals surface area contributed by atoms with Gasteiger partial charge >= 0.3 is 0 Å². The van der Waals surface area contributed by atoms with Crippen LogP contribution in [0.5, 0.6) is 11.5 Å². The van der Waals surface area contributed by atoms with Crippen molar-refractivity contribution in [2.45, 2.75) is 57.8 Å². The number of phenols is 2. The van der Waals surface area contributed by atoms with Crippen molar-refractivity contribution in [2.24, 2.45) is 17.3 Å². The van der Waals surface area contributed by atoms with Gasteiger partial charge in [0.05, 0.1) is 22.7 Å². The molecular formula is C32H38N2O2. The van der Waals surface area contributed by atoms with Crippen LogP contribution in [0.15, 0.2) is 60.7 Å². The molecule has 0 amide bonds. The molecule has 0 bridgehead atoms. The maximum absolute atomic E-state index is 10.8. The SMILES string of the molecule is CN(c1ccccc1O)c1ccc2c(c1N(C)c1ccccc1O)[C@H]1CC[C@]3(C)CCC[C@H]3[C@@H]1CC2. The third kappa shape index (κ3) is 3.56. The van der Waals surface area contributed by atoms with E-state index in [9.17, 15) is 10.2 Å². The number of phenolic OH excluding ortho intramolecular Hbond substituents is 2. The van der Waals surface area contributed by atoms with Gasteiger partial charge in [0.25, 0.3) is 0 Å². The van der Waals surface area contributed by atoms with Gasteiger partial charge < -0.3 is 20.0 Å². The molecule has 0 radical (unpaired) electrons. The molecule has 0 spiro atoms. The van der Waals surface area contributed by atoms with Gasteiger partial charge in [-0.25, -0.2) is 0 Å². The molecule has 188 valence electrons. The maximum Gasteiger partial charge on any atom is 0.139 e. The van der Waals surface area contributed by atoms with Crippen molar-refractivity contribution in [1.29, 1.82) is 0 Å². The van der Waals surface area contributed by atoms with Gasteiger partial charge in [0.2, 0.25) is 0 Å². The van der Waals surface area contributed by atoms with E-state index in [0.717, 1.165) is 41.0 Å². The van der Waals surface area contributed by atoms with Gasteiger partial charge in [-0.15, -0.1) is 0 Å². The second-order valence-electron chi connectivity index (χ2n) is 11.6. The number of fused-ring (bicyclic) bond motifs is 5. The van der Waals surface area contributed by atoms with Crippen LogP contribution in [0, 0.1) is 17.3 Å². The van der Waals surface area contributed by atoms with E-state index < -0.39 is 0 Å². The van der Waals surface area contributed by atoms with Crippen molar-refractivity contribution < 1.29 is 10.2 Å². The predicted molar refractivity (Wildman–Crippen MR) is 148 cm³/mol. The first-order chi connectivity index (χ1) is 17.4. The largest absolute Gasteiger partial charge is 0.506 e. The molecule has 2 N–H and O–H groups in total. The van der Waals surface area contributed by atoms with E-state index >= 15 is 0 Å². The lowest BCUT2D eigenvalue weighted by atomic mass is 9.55. The average molecular weight is 483 g/mol. The quantitative estimate of drug-likeness (QED) is 0.397. The van der Waals surface area contributed by atoms with Crippen molar-refractivity contribution in [3.05, 3.63) is 71.8 Å². The third-order valence-corrected chi connectivity index (χ3v) is 9.81. The number of aromatic hydroxyl groups is 2. The molecule has 3 aromatic rings. The van der Waals surface area contributed by atoms with E-state index in [4.69, 9.17) is 0 Å². The number of aryl methyl sites for hydroxylation is 1. The van der Waals surface area contributed by atoms with E-state index in [2.05, 4.69) is 35.9 Å². The lowest BCUT2D eigenvalue weighted by Crippen LogP contribution is -2.40. The Balaban J connectivity index is 1.54. The summed E-state index contributed by atoms with van der Waals surface area (Å²) in [6, 6.07) is 19.7. The highest BCUT2D eigenvalue weighted by Crippen LogP contribution is 2.62. The number of anilines is 4. The van der Waals surface area contributed by atoms with Gasteiger partial charge in [0.15, 0.2) is 0 Å². The highest BCUT2D eigenvalue weighted by Gasteiger charge is 2.51. The van der Waals surface area contributed by atoms with E-state index in [-0.39, 0.29) is 11.5 Å². The molecule has 3 aromatic carbocycles. The standard InChI is InChI=1S/C32H38N2O2/c1-32-19-8-9-24(32)22-16-14-21-15-17-27(33(2)25-10-4-6-12-28(25)35)31(30(21)23(22)18-20-32)34(3)26-11-5-7-13-29(26)36/h4-7,10-13,15,17,22-24,35-36H,8-9,14,16,18-20H2,1-3H3/t22-,23+,24+,32+/m1/s1. The summed E-state index contributed by atoms with van der Waals surface area (Å²) in [4.78, 5) is 4.29. The van der Waals surface area contributed by atoms with Crippen LogP contribution in [0.2, 0.25) is 0 Å². The maximum atomic E-state index is 10.8. The first kappa shape index (κ1) is 23.3. The first-order valence-electron chi connectivity index (χ1n) is 13.6. The van der Waals surface area contributed by atoms with E-state index in [1.54, 1.807) is 12.1 Å². The van der Waals surface area contributed by atoms with Crippen LogP contribution in [-0.2, 0) is 6.42 Å². The van der Waals surface area contributed by atoms with Gasteiger partial charge in [0, 0.05) is 14.1 Å². The minimum absolute atomic E-state index is 0.270. The molecule has 0 unspecified atom stereocenters. The zero-order chi connectivity index (χ0) is 25.0. The monoisotopic (exact) mass is 482 g/mol. The molecule has 2 fully saturated rings. The Bertz CT molecular complexity index is 1290. The molecule has 0 aromatic heterocycles. The van der Waals surface area contributed by atoms with Gasteiger partial charge in [0.1, 0.15) is 11.5 Å². The highest BCUT2D eigenvalue weighted by molar-refractivity contribution is 5.87. The zero-order valence-electron chi connectivity index (χ0n) is 21.7. The predicted octanol–water partition coefficient (Wildman–Crippen LogP) is 7.88. The molecular weight excluding hydrogens is 444 g/mol. The van der Waals surface area contributed by atoms with Crippen LogP contribution in [0.3, 0.4) is 0 Å². The second-order valence-corrected chi connectivity index (χ2v) is 11.6. The smallest absolute Gasteiger partial charge is 0.139 e.